The monoisotopic (exact) mass is 214 g/mol. The van der Waals surface area contributed by atoms with Gasteiger partial charge in [-0.25, -0.2) is 4.98 Å². The highest BCUT2D eigenvalue weighted by molar-refractivity contribution is 6.06. The third-order valence-electron chi connectivity index (χ3n) is 4.07. The third kappa shape index (κ3) is 1.07. The van der Waals surface area contributed by atoms with Gasteiger partial charge in [0.2, 0.25) is 0 Å². The number of aromatic nitrogens is 1. The molecule has 0 saturated carbocycles. The van der Waals surface area contributed by atoms with Gasteiger partial charge < -0.3 is 0 Å². The molecule has 16 heavy (non-hydrogen) atoms. The summed E-state index contributed by atoms with van der Waals surface area (Å²) in [6.45, 7) is 7.98. The number of Topliss-reactive ketones (excluding diaryl/α,β-unsaturated/α-hetero) is 1. The number of rotatable bonds is 0. The van der Waals surface area contributed by atoms with Crippen molar-refractivity contribution in [2.45, 2.75) is 33.1 Å². The van der Waals surface area contributed by atoms with E-state index >= 15 is 0 Å². The Morgan fingerprint density at radius 2 is 1.88 bits per heavy atom. The molecule has 1 aromatic heterocycles. The number of hydrogen-bond acceptors (Lipinski definition) is 3. The summed E-state index contributed by atoms with van der Waals surface area (Å²) in [5, 5.41) is 8.79. The second-order valence-electron chi connectivity index (χ2n) is 5.31. The van der Waals surface area contributed by atoms with Crippen LogP contribution >= 0.6 is 0 Å². The molecule has 0 N–H and O–H groups in total. The number of pyridine rings is 1. The lowest BCUT2D eigenvalue weighted by Crippen LogP contribution is -2.35. The minimum atomic E-state index is -0.439. The van der Waals surface area contributed by atoms with Crippen molar-refractivity contribution in [3.8, 4) is 6.07 Å². The van der Waals surface area contributed by atoms with Crippen molar-refractivity contribution in [2.75, 3.05) is 0 Å². The number of carbonyl (C=O) groups excluding carboxylic acids is 1. The van der Waals surface area contributed by atoms with Gasteiger partial charge in [0, 0.05) is 22.6 Å². The van der Waals surface area contributed by atoms with Crippen LogP contribution in [0.15, 0.2) is 12.3 Å². The Morgan fingerprint density at radius 3 is 2.44 bits per heavy atom. The molecule has 1 heterocycles. The van der Waals surface area contributed by atoms with Gasteiger partial charge in [-0.15, -0.1) is 0 Å². The smallest absolute Gasteiger partial charge is 0.169 e. The zero-order chi connectivity index (χ0) is 12.1. The van der Waals surface area contributed by atoms with Crippen LogP contribution in [-0.2, 0) is 5.41 Å². The molecule has 3 nitrogen and oxygen atoms in total. The van der Waals surface area contributed by atoms with E-state index < -0.39 is 5.41 Å². The standard InChI is InChI=1S/C13H14N2O/c1-12(2)10-7-15-8(6-14)5-9(10)11(16)13(12,3)4/h5,7H,1-4H3. The van der Waals surface area contributed by atoms with Crippen LogP contribution in [0.2, 0.25) is 0 Å². The van der Waals surface area contributed by atoms with Crippen LogP contribution in [0.25, 0.3) is 0 Å². The average molecular weight is 214 g/mol. The van der Waals surface area contributed by atoms with Gasteiger partial charge in [0.15, 0.2) is 5.78 Å². The molecular formula is C13H14N2O. The van der Waals surface area contributed by atoms with Crippen molar-refractivity contribution in [3.63, 3.8) is 0 Å². The van der Waals surface area contributed by atoms with Crippen LogP contribution in [0, 0.1) is 16.7 Å². The van der Waals surface area contributed by atoms with E-state index in [-0.39, 0.29) is 11.2 Å². The van der Waals surface area contributed by atoms with Crippen LogP contribution in [0.4, 0.5) is 0 Å². The van der Waals surface area contributed by atoms with Crippen molar-refractivity contribution >= 4 is 5.78 Å². The van der Waals surface area contributed by atoms with Gasteiger partial charge in [-0.2, -0.15) is 5.26 Å². The first-order chi connectivity index (χ1) is 7.32. The molecule has 0 amide bonds. The Bertz CT molecular complexity index is 521. The molecule has 1 aromatic rings. The van der Waals surface area contributed by atoms with Crippen LogP contribution in [0.1, 0.15) is 49.3 Å². The molecule has 0 saturated heterocycles. The van der Waals surface area contributed by atoms with Gasteiger partial charge in [-0.1, -0.05) is 27.7 Å². The lowest BCUT2D eigenvalue weighted by Gasteiger charge is -2.33. The summed E-state index contributed by atoms with van der Waals surface area (Å²) in [5.74, 6) is 0.103. The van der Waals surface area contributed by atoms with Crippen LogP contribution in [0.3, 0.4) is 0 Å². The van der Waals surface area contributed by atoms with Crippen LogP contribution in [0.5, 0.6) is 0 Å². The molecule has 82 valence electrons. The van der Waals surface area contributed by atoms with Gasteiger partial charge in [0.1, 0.15) is 11.8 Å². The van der Waals surface area contributed by atoms with Crippen LogP contribution < -0.4 is 0 Å². The lowest BCUT2D eigenvalue weighted by molar-refractivity contribution is 0.0779. The van der Waals surface area contributed by atoms with Crippen LogP contribution in [-0.4, -0.2) is 10.8 Å². The molecule has 0 unspecified atom stereocenters. The molecule has 0 spiro atoms. The highest BCUT2D eigenvalue weighted by Crippen LogP contribution is 2.50. The van der Waals surface area contributed by atoms with Crippen molar-refractivity contribution in [2.24, 2.45) is 5.41 Å². The first kappa shape index (κ1) is 10.8. The minimum Gasteiger partial charge on any atom is -0.294 e. The highest BCUT2D eigenvalue weighted by Gasteiger charge is 2.52. The van der Waals surface area contributed by atoms with Gasteiger partial charge in [-0.3, -0.25) is 4.79 Å². The zero-order valence-corrected chi connectivity index (χ0v) is 9.96. The summed E-state index contributed by atoms with van der Waals surface area (Å²) in [6, 6.07) is 3.57. The quantitative estimate of drug-likeness (QED) is 0.666. The highest BCUT2D eigenvalue weighted by atomic mass is 16.1. The fourth-order valence-corrected chi connectivity index (χ4v) is 2.16. The summed E-state index contributed by atoms with van der Waals surface area (Å²) in [7, 11) is 0. The van der Waals surface area contributed by atoms with Gasteiger partial charge >= 0.3 is 0 Å². The van der Waals surface area contributed by atoms with Crippen molar-refractivity contribution in [1.82, 2.24) is 4.98 Å². The Balaban J connectivity index is 2.74. The zero-order valence-electron chi connectivity index (χ0n) is 9.96. The molecular weight excluding hydrogens is 200 g/mol. The summed E-state index contributed by atoms with van der Waals surface area (Å²) in [5.41, 5.74) is 1.23. The van der Waals surface area contributed by atoms with E-state index in [1.165, 1.54) is 0 Å². The average Bonchev–Trinajstić information content (AvgIpc) is 2.38. The van der Waals surface area contributed by atoms with Gasteiger partial charge in [-0.05, 0) is 11.6 Å². The predicted octanol–water partition coefficient (Wildman–Crippen LogP) is 2.45. The van der Waals surface area contributed by atoms with E-state index in [2.05, 4.69) is 4.98 Å². The molecule has 1 aliphatic rings. The summed E-state index contributed by atoms with van der Waals surface area (Å²) in [6.07, 6.45) is 1.67. The van der Waals surface area contributed by atoms with E-state index in [0.29, 0.717) is 11.3 Å². The first-order valence-electron chi connectivity index (χ1n) is 5.28. The maximum absolute atomic E-state index is 12.3. The topological polar surface area (TPSA) is 53.8 Å². The first-order valence-corrected chi connectivity index (χ1v) is 5.28. The summed E-state index contributed by atoms with van der Waals surface area (Å²) >= 11 is 0. The van der Waals surface area contributed by atoms with E-state index in [0.717, 1.165) is 5.56 Å². The maximum Gasteiger partial charge on any atom is 0.169 e. The predicted molar refractivity (Wildman–Crippen MR) is 60.1 cm³/mol. The second kappa shape index (κ2) is 2.91. The Kier molecular flexibility index (Phi) is 1.97. The number of carbonyl (C=O) groups is 1. The van der Waals surface area contributed by atoms with Crippen molar-refractivity contribution in [3.05, 3.63) is 29.1 Å². The Hall–Kier alpha value is -1.69. The molecule has 0 aromatic carbocycles. The molecule has 1 aliphatic carbocycles. The van der Waals surface area contributed by atoms with E-state index in [4.69, 9.17) is 5.26 Å². The summed E-state index contributed by atoms with van der Waals surface area (Å²) < 4.78 is 0. The van der Waals surface area contributed by atoms with Gasteiger partial charge in [0.05, 0.1) is 0 Å². The fraction of sp³-hybridized carbons (Fsp3) is 0.462. The molecule has 0 aliphatic heterocycles. The third-order valence-corrected chi connectivity index (χ3v) is 4.07. The summed E-state index contributed by atoms with van der Waals surface area (Å²) in [4.78, 5) is 16.3. The number of nitrogens with zero attached hydrogens (tertiary/aromatic N) is 2. The number of fused-ring (bicyclic) bond motifs is 1. The van der Waals surface area contributed by atoms with E-state index in [1.807, 2.05) is 33.8 Å². The minimum absolute atomic E-state index is 0.103. The number of hydrogen-bond donors (Lipinski definition) is 0. The number of nitriles is 1. The normalized spacial score (nSPS) is 20.3. The molecule has 2 rings (SSSR count). The molecule has 0 atom stereocenters. The number of ketones is 1. The van der Waals surface area contributed by atoms with Crippen molar-refractivity contribution < 1.29 is 4.79 Å². The molecule has 0 bridgehead atoms. The Morgan fingerprint density at radius 1 is 1.25 bits per heavy atom. The van der Waals surface area contributed by atoms with Gasteiger partial charge in [0.25, 0.3) is 0 Å². The van der Waals surface area contributed by atoms with E-state index in [9.17, 15) is 4.79 Å². The fourth-order valence-electron chi connectivity index (χ4n) is 2.16. The SMILES string of the molecule is CC1(C)C(=O)c2cc(C#N)ncc2C1(C)C. The molecule has 0 fully saturated rings. The maximum atomic E-state index is 12.3. The molecule has 0 radical (unpaired) electrons. The lowest BCUT2D eigenvalue weighted by atomic mass is 9.68. The van der Waals surface area contributed by atoms with E-state index in [1.54, 1.807) is 12.3 Å². The Labute approximate surface area is 95.1 Å². The molecule has 3 heteroatoms. The second-order valence-corrected chi connectivity index (χ2v) is 5.31. The largest absolute Gasteiger partial charge is 0.294 e. The van der Waals surface area contributed by atoms with Crippen molar-refractivity contribution in [1.29, 1.82) is 5.26 Å².